The normalized spacial score (nSPS) is 9.70. The molecule has 0 saturated carbocycles. The molecule has 0 aliphatic heterocycles. The zero-order valence-corrected chi connectivity index (χ0v) is 48.6. The van der Waals surface area contributed by atoms with Crippen LogP contribution < -0.4 is 164 Å². The van der Waals surface area contributed by atoms with E-state index in [1.807, 2.05) is 109 Å². The van der Waals surface area contributed by atoms with Crippen molar-refractivity contribution in [1.29, 1.82) is 0 Å². The van der Waals surface area contributed by atoms with Gasteiger partial charge in [0.25, 0.3) is 17.6 Å². The first-order chi connectivity index (χ1) is 30.1. The molecule has 0 radical (unpaired) electrons. The number of hydrogen-bond donors (Lipinski definition) is 1. The smallest absolute Gasteiger partial charge is 1.00 e. The molecule has 0 aliphatic carbocycles. The SMILES string of the molecule is Cc1nc(-c2cccc(CBr)c2)no1.Cc1nc(-c2cccc(Cn3nc(Oc4ccccc4)ccc3=O)c2)no1.O=CO[O-].O=c1ccc(Oc2ccccc2)n[nH]1.[2H]CF.[Cs+].[Cs+].[H-]. The van der Waals surface area contributed by atoms with Crippen LogP contribution in [0.3, 0.4) is 0 Å². The summed E-state index contributed by atoms with van der Waals surface area (Å²) in [5, 5.41) is 27.3. The minimum atomic E-state index is -1.00. The van der Waals surface area contributed by atoms with Gasteiger partial charge in [-0.15, -0.1) is 10.2 Å². The van der Waals surface area contributed by atoms with Crippen LogP contribution in [-0.2, 0) is 21.6 Å². The van der Waals surface area contributed by atoms with E-state index in [1.165, 1.54) is 28.4 Å². The molecule has 8 aromatic rings. The molecule has 21 heteroatoms. The van der Waals surface area contributed by atoms with Crippen LogP contribution in [0.2, 0.25) is 0 Å². The van der Waals surface area contributed by atoms with Crippen LogP contribution in [0.15, 0.2) is 152 Å². The van der Waals surface area contributed by atoms with Crippen molar-refractivity contribution in [3.05, 3.63) is 177 Å². The Labute approximate surface area is 489 Å². The molecule has 1 N–H and O–H groups in total. The maximum absolute atomic E-state index is 12.2. The second kappa shape index (κ2) is 31.4. The Morgan fingerprint density at radius 2 is 1.25 bits per heavy atom. The van der Waals surface area contributed by atoms with Gasteiger partial charge in [-0.25, -0.2) is 9.78 Å². The Morgan fingerprint density at radius 3 is 1.71 bits per heavy atom. The van der Waals surface area contributed by atoms with Crippen molar-refractivity contribution >= 4 is 22.4 Å². The van der Waals surface area contributed by atoms with Gasteiger partial charge in [0.05, 0.1) is 15.1 Å². The minimum Gasteiger partial charge on any atom is -1.00 e. The number of aromatic amines is 1. The summed E-state index contributed by atoms with van der Waals surface area (Å²) in [5.41, 5.74) is 3.43. The summed E-state index contributed by atoms with van der Waals surface area (Å²) in [6, 6.07) is 40.1. The van der Waals surface area contributed by atoms with Crippen molar-refractivity contribution in [2.75, 3.05) is 7.15 Å². The first kappa shape index (κ1) is 53.8. The van der Waals surface area contributed by atoms with E-state index in [9.17, 15) is 14.0 Å². The average Bonchev–Trinajstić information content (AvgIpc) is 3.95. The maximum Gasteiger partial charge on any atom is 1.00 e. The van der Waals surface area contributed by atoms with Crippen LogP contribution in [0.5, 0.6) is 23.3 Å². The summed E-state index contributed by atoms with van der Waals surface area (Å²) in [6.45, 7) is 3.64. The average molecular weight is 1160 g/mol. The molecule has 17 nitrogen and oxygen atoms in total. The van der Waals surface area contributed by atoms with Gasteiger partial charge in [-0.05, 0) is 47.5 Å². The number of hydrogen-bond acceptors (Lipinski definition) is 15. The number of carbonyl (C=O) groups excluding carboxylic acids is 1. The Hall–Kier alpha value is -3.54. The zero-order chi connectivity index (χ0) is 44.5. The fourth-order valence-electron chi connectivity index (χ4n) is 4.81. The number of para-hydroxylation sites is 2. The van der Waals surface area contributed by atoms with Crippen LogP contribution in [0.1, 0.15) is 25.7 Å². The Bertz CT molecular complexity index is 2670. The van der Waals surface area contributed by atoms with Gasteiger partial charge in [-0.2, -0.15) is 9.97 Å². The first-order valence-corrected chi connectivity index (χ1v) is 18.8. The number of alkyl halides is 2. The zero-order valence-electron chi connectivity index (χ0n) is 36.5. The standard InChI is InChI=1S/C20H16N4O3.C10H9BrN2O.C10H8N2O2.CH3F.CH2O3.2Cs.H/c1-14-21-20(23-27-14)16-7-5-6-15(12-16)13-24-19(25)11-10-18(22-24)26-17-8-3-2-4-9-17;1-7-12-10(13-14-7)9-4-2-3-8(5-9)6-11;13-9-6-7-10(12-11-9)14-8-4-2-1-3-5-8;1-2;2-1-4-3;;;/h2-12H,13H2,1H3;2-5H,6H2,1H3;1-7H,(H,11,13);1H3;1,3H;;;/q;;;;;2*+1;-1/p-1/i;;;1D;;;;. The van der Waals surface area contributed by atoms with E-state index in [2.05, 4.69) is 56.4 Å². The molecule has 8 rings (SSSR count). The van der Waals surface area contributed by atoms with Crippen molar-refractivity contribution in [3.8, 4) is 46.0 Å². The summed E-state index contributed by atoms with van der Waals surface area (Å²) in [6.07, 6.45) is 0. The molecule has 0 unspecified atom stereocenters. The van der Waals surface area contributed by atoms with E-state index >= 15 is 0 Å². The van der Waals surface area contributed by atoms with Crippen molar-refractivity contribution in [1.82, 2.24) is 40.3 Å². The monoisotopic (exact) mass is 1160 g/mol. The van der Waals surface area contributed by atoms with Gasteiger partial charge in [-0.3, -0.25) is 18.8 Å². The Balaban J connectivity index is 0.000000474. The van der Waals surface area contributed by atoms with Crippen LogP contribution in [0, 0.1) is 13.8 Å². The number of nitrogens with zero attached hydrogens (tertiary/aromatic N) is 7. The van der Waals surface area contributed by atoms with E-state index in [0.29, 0.717) is 53.2 Å². The number of nitrogens with one attached hydrogen (secondary N) is 1. The van der Waals surface area contributed by atoms with Gasteiger partial charge >= 0.3 is 138 Å². The first-order valence-electron chi connectivity index (χ1n) is 18.4. The largest absolute Gasteiger partial charge is 1.00 e. The molecule has 0 atom stereocenters. The quantitative estimate of drug-likeness (QED) is 0.0876. The number of H-pyrrole nitrogens is 1. The molecule has 4 aromatic carbocycles. The third kappa shape index (κ3) is 20.0. The third-order valence-electron chi connectivity index (χ3n) is 7.38. The third-order valence-corrected chi connectivity index (χ3v) is 8.03. The Morgan fingerprint density at radius 1 is 0.762 bits per heavy atom. The van der Waals surface area contributed by atoms with E-state index in [-0.39, 0.29) is 157 Å². The number of halogens is 2. The predicted molar refractivity (Wildman–Crippen MR) is 222 cm³/mol. The number of aromatic nitrogens is 8. The van der Waals surface area contributed by atoms with Crippen LogP contribution in [0.4, 0.5) is 4.39 Å². The molecule has 63 heavy (non-hydrogen) atoms. The van der Waals surface area contributed by atoms with Gasteiger partial charge in [-0.1, -0.05) is 99.0 Å². The number of rotatable bonds is 10. The molecule has 0 amide bonds. The van der Waals surface area contributed by atoms with E-state index in [4.69, 9.17) is 29.9 Å². The van der Waals surface area contributed by atoms with Crippen molar-refractivity contribution in [2.24, 2.45) is 0 Å². The summed E-state index contributed by atoms with van der Waals surface area (Å²) < 4.78 is 37.9. The van der Waals surface area contributed by atoms with Gasteiger partial charge in [0.15, 0.2) is 0 Å². The van der Waals surface area contributed by atoms with Gasteiger partial charge < -0.3 is 30.1 Å². The molecular formula is C42H38BrCs2FN8O9. The molecular weight excluding hydrogens is 1130 g/mol. The second-order valence-corrected chi connectivity index (χ2v) is 12.3. The number of benzene rings is 4. The topological polar surface area (TPSA) is 226 Å². The molecule has 0 aliphatic rings. The number of ether oxygens (including phenoxy) is 2. The molecule has 0 saturated heterocycles. The molecule has 0 spiro atoms. The van der Waals surface area contributed by atoms with Crippen LogP contribution in [-0.4, -0.2) is 53.9 Å². The molecule has 316 valence electrons. The maximum atomic E-state index is 12.2. The van der Waals surface area contributed by atoms with Crippen molar-refractivity contribution in [3.63, 3.8) is 0 Å². The summed E-state index contributed by atoms with van der Waals surface area (Å²) in [5.74, 6) is 4.31. The van der Waals surface area contributed by atoms with Crippen LogP contribution >= 0.6 is 15.9 Å². The van der Waals surface area contributed by atoms with Crippen molar-refractivity contribution < 1.29 is 178 Å². The van der Waals surface area contributed by atoms with Crippen molar-refractivity contribution in [2.45, 2.75) is 25.7 Å². The van der Waals surface area contributed by atoms with Gasteiger partial charge in [0.1, 0.15) is 11.5 Å². The minimum absolute atomic E-state index is 0. The van der Waals surface area contributed by atoms with E-state index < -0.39 is 7.15 Å². The van der Waals surface area contributed by atoms with Gasteiger partial charge in [0.2, 0.25) is 35.2 Å². The fraction of sp³-hybridized carbons (Fsp3) is 0.119. The van der Waals surface area contributed by atoms with Crippen LogP contribution in [0.25, 0.3) is 22.8 Å². The molecule has 0 bridgehead atoms. The number of carbonyl (C=O) groups is 1. The number of aryl methyl sites for hydroxylation is 2. The summed E-state index contributed by atoms with van der Waals surface area (Å²) in [4.78, 5) is 42.5. The summed E-state index contributed by atoms with van der Waals surface area (Å²) in [7, 11) is -1.00. The van der Waals surface area contributed by atoms with Gasteiger partial charge in [0, 0.05) is 54.6 Å². The fourth-order valence-corrected chi connectivity index (χ4v) is 5.16. The second-order valence-electron chi connectivity index (χ2n) is 11.8. The Kier molecular flexibility index (Phi) is 26.8. The summed E-state index contributed by atoms with van der Waals surface area (Å²) >= 11 is 3.41. The molecule has 4 aromatic heterocycles. The molecule has 0 fully saturated rings. The van der Waals surface area contributed by atoms with E-state index in [1.54, 1.807) is 19.9 Å². The van der Waals surface area contributed by atoms with E-state index in [0.717, 1.165) is 22.0 Å². The predicted octanol–water partition coefficient (Wildman–Crippen LogP) is 1.09. The molecule has 4 heterocycles.